The van der Waals surface area contributed by atoms with Gasteiger partial charge in [-0.05, 0) is 19.3 Å². The lowest BCUT2D eigenvalue weighted by atomic mass is 10.1. The Morgan fingerprint density at radius 1 is 1.50 bits per heavy atom. The lowest BCUT2D eigenvalue weighted by molar-refractivity contribution is -0.138. The Labute approximate surface area is 102 Å². The van der Waals surface area contributed by atoms with Crippen molar-refractivity contribution in [3.63, 3.8) is 0 Å². The van der Waals surface area contributed by atoms with Gasteiger partial charge in [-0.2, -0.15) is 0 Å². The fraction of sp³-hybridized carbons (Fsp3) is 0.800. The first kappa shape index (κ1) is 15.2. The lowest BCUT2D eigenvalue weighted by Gasteiger charge is -2.25. The molecule has 1 rings (SSSR count). The molecule has 0 aromatic heterocycles. The highest BCUT2D eigenvalue weighted by Gasteiger charge is 2.34. The number of carbonyl (C=O) groups is 2. The van der Waals surface area contributed by atoms with Crippen molar-refractivity contribution >= 4 is 24.2 Å². The van der Waals surface area contributed by atoms with Gasteiger partial charge < -0.3 is 16.4 Å². The molecule has 5 nitrogen and oxygen atoms in total. The van der Waals surface area contributed by atoms with Crippen LogP contribution in [0.2, 0.25) is 0 Å². The van der Waals surface area contributed by atoms with E-state index in [-0.39, 0.29) is 18.3 Å². The molecule has 16 heavy (non-hydrogen) atoms. The maximum absolute atomic E-state index is 11.8. The summed E-state index contributed by atoms with van der Waals surface area (Å²) >= 11 is 0. The molecule has 0 radical (unpaired) electrons. The number of nitrogens with two attached hydrogens (primary N) is 2. The van der Waals surface area contributed by atoms with Gasteiger partial charge in [0, 0.05) is 6.54 Å². The summed E-state index contributed by atoms with van der Waals surface area (Å²) in [5.74, 6) is -0.567. The van der Waals surface area contributed by atoms with Crippen molar-refractivity contribution in [2.24, 2.45) is 11.5 Å². The monoisotopic (exact) mass is 249 g/mol. The normalized spacial score (nSPS) is 21.4. The van der Waals surface area contributed by atoms with E-state index < -0.39 is 18.0 Å². The minimum atomic E-state index is -0.491. The SMILES string of the molecule is CCC[C@H](N)C(=O)N1CCC[C@H]1C(N)=O.Cl. The summed E-state index contributed by atoms with van der Waals surface area (Å²) < 4.78 is 0. The Balaban J connectivity index is 0.00000225. The van der Waals surface area contributed by atoms with Crippen LogP contribution in [-0.4, -0.2) is 35.3 Å². The van der Waals surface area contributed by atoms with Gasteiger partial charge in [-0.1, -0.05) is 13.3 Å². The van der Waals surface area contributed by atoms with Gasteiger partial charge in [0.25, 0.3) is 0 Å². The molecule has 6 heteroatoms. The molecule has 94 valence electrons. The number of halogens is 1. The summed E-state index contributed by atoms with van der Waals surface area (Å²) in [6.07, 6.45) is 3.01. The Morgan fingerprint density at radius 2 is 2.12 bits per heavy atom. The first-order valence-corrected chi connectivity index (χ1v) is 5.43. The van der Waals surface area contributed by atoms with Gasteiger partial charge in [-0.3, -0.25) is 9.59 Å². The predicted octanol–water partition coefficient (Wildman–Crippen LogP) is 0.0119. The summed E-state index contributed by atoms with van der Waals surface area (Å²) in [4.78, 5) is 24.5. The molecule has 0 aromatic carbocycles. The minimum absolute atomic E-state index is 0. The first-order valence-electron chi connectivity index (χ1n) is 5.43. The third-order valence-electron chi connectivity index (χ3n) is 2.78. The zero-order chi connectivity index (χ0) is 11.4. The molecule has 4 N–H and O–H groups in total. The van der Waals surface area contributed by atoms with E-state index in [1.807, 2.05) is 6.92 Å². The van der Waals surface area contributed by atoms with Crippen molar-refractivity contribution in [1.82, 2.24) is 4.90 Å². The van der Waals surface area contributed by atoms with Gasteiger partial charge in [0.1, 0.15) is 6.04 Å². The molecule has 0 spiro atoms. The molecule has 0 unspecified atom stereocenters. The fourth-order valence-electron chi connectivity index (χ4n) is 1.97. The number of nitrogens with zero attached hydrogens (tertiary/aromatic N) is 1. The number of hydrogen-bond donors (Lipinski definition) is 2. The number of amides is 2. The molecule has 0 aliphatic carbocycles. The minimum Gasteiger partial charge on any atom is -0.368 e. The molecule has 1 aliphatic rings. The molecule has 0 bridgehead atoms. The van der Waals surface area contributed by atoms with Gasteiger partial charge >= 0.3 is 0 Å². The Bertz CT molecular complexity index is 260. The molecule has 0 aromatic rings. The van der Waals surface area contributed by atoms with E-state index in [0.717, 1.165) is 12.8 Å². The van der Waals surface area contributed by atoms with E-state index in [2.05, 4.69) is 0 Å². The van der Waals surface area contributed by atoms with Crippen molar-refractivity contribution < 1.29 is 9.59 Å². The number of rotatable bonds is 4. The number of likely N-dealkylation sites (tertiary alicyclic amines) is 1. The Morgan fingerprint density at radius 3 is 2.62 bits per heavy atom. The van der Waals surface area contributed by atoms with E-state index >= 15 is 0 Å². The number of carbonyl (C=O) groups excluding carboxylic acids is 2. The molecule has 2 amide bonds. The summed E-state index contributed by atoms with van der Waals surface area (Å²) in [7, 11) is 0. The first-order chi connectivity index (χ1) is 7.07. The van der Waals surface area contributed by atoms with Crippen LogP contribution in [-0.2, 0) is 9.59 Å². The smallest absolute Gasteiger partial charge is 0.240 e. The Hall–Kier alpha value is -0.810. The molecule has 1 saturated heterocycles. The second kappa shape index (κ2) is 6.70. The van der Waals surface area contributed by atoms with E-state index in [0.29, 0.717) is 19.4 Å². The zero-order valence-electron chi connectivity index (χ0n) is 9.52. The van der Waals surface area contributed by atoms with Crippen LogP contribution in [0, 0.1) is 0 Å². The van der Waals surface area contributed by atoms with Gasteiger partial charge in [0.15, 0.2) is 0 Å². The lowest BCUT2D eigenvalue weighted by Crippen LogP contribution is -2.50. The quantitative estimate of drug-likeness (QED) is 0.736. The van der Waals surface area contributed by atoms with Gasteiger partial charge in [-0.25, -0.2) is 0 Å². The van der Waals surface area contributed by atoms with E-state index in [1.165, 1.54) is 4.90 Å². The third kappa shape index (κ3) is 3.35. The van der Waals surface area contributed by atoms with E-state index in [9.17, 15) is 9.59 Å². The van der Waals surface area contributed by atoms with Crippen LogP contribution < -0.4 is 11.5 Å². The standard InChI is InChI=1S/C10H19N3O2.ClH/c1-2-4-7(11)10(15)13-6-3-5-8(13)9(12)14;/h7-8H,2-6,11H2,1H3,(H2,12,14);1H/t7-,8-;/m0./s1. The summed E-state index contributed by atoms with van der Waals surface area (Å²) in [6, 6.07) is -0.935. The fourth-order valence-corrected chi connectivity index (χ4v) is 1.97. The van der Waals surface area contributed by atoms with E-state index in [4.69, 9.17) is 11.5 Å². The number of primary amides is 1. The van der Waals surface area contributed by atoms with Gasteiger partial charge in [0.2, 0.25) is 11.8 Å². The van der Waals surface area contributed by atoms with Crippen LogP contribution in [0.5, 0.6) is 0 Å². The van der Waals surface area contributed by atoms with Crippen LogP contribution in [0.25, 0.3) is 0 Å². The molecule has 1 heterocycles. The largest absolute Gasteiger partial charge is 0.368 e. The highest BCUT2D eigenvalue weighted by atomic mass is 35.5. The van der Waals surface area contributed by atoms with Crippen LogP contribution in [0.15, 0.2) is 0 Å². The molecule has 0 saturated carbocycles. The topological polar surface area (TPSA) is 89.4 Å². The molecular weight excluding hydrogens is 230 g/mol. The maximum atomic E-state index is 11.8. The predicted molar refractivity (Wildman–Crippen MR) is 64.1 cm³/mol. The van der Waals surface area contributed by atoms with E-state index in [1.54, 1.807) is 0 Å². The second-order valence-electron chi connectivity index (χ2n) is 3.99. The van der Waals surface area contributed by atoms with Crippen molar-refractivity contribution in [1.29, 1.82) is 0 Å². The third-order valence-corrected chi connectivity index (χ3v) is 2.78. The number of hydrogen-bond acceptors (Lipinski definition) is 3. The van der Waals surface area contributed by atoms with Crippen LogP contribution >= 0.6 is 12.4 Å². The molecule has 1 aliphatic heterocycles. The summed E-state index contributed by atoms with van der Waals surface area (Å²) in [6.45, 7) is 2.58. The van der Waals surface area contributed by atoms with Gasteiger partial charge in [0.05, 0.1) is 6.04 Å². The van der Waals surface area contributed by atoms with Crippen molar-refractivity contribution in [3.8, 4) is 0 Å². The van der Waals surface area contributed by atoms with Crippen LogP contribution in [0.4, 0.5) is 0 Å². The van der Waals surface area contributed by atoms with Crippen LogP contribution in [0.1, 0.15) is 32.6 Å². The molecular formula is C10H20ClN3O2. The average Bonchev–Trinajstić information content (AvgIpc) is 2.65. The van der Waals surface area contributed by atoms with Crippen molar-refractivity contribution in [2.45, 2.75) is 44.7 Å². The van der Waals surface area contributed by atoms with Crippen molar-refractivity contribution in [3.05, 3.63) is 0 Å². The van der Waals surface area contributed by atoms with Crippen molar-refractivity contribution in [2.75, 3.05) is 6.54 Å². The average molecular weight is 250 g/mol. The molecule has 1 fully saturated rings. The maximum Gasteiger partial charge on any atom is 0.240 e. The highest BCUT2D eigenvalue weighted by molar-refractivity contribution is 5.89. The summed E-state index contributed by atoms with van der Waals surface area (Å²) in [5, 5.41) is 0. The van der Waals surface area contributed by atoms with Gasteiger partial charge in [-0.15, -0.1) is 12.4 Å². The summed E-state index contributed by atoms with van der Waals surface area (Å²) in [5.41, 5.74) is 11.0. The Kier molecular flexibility index (Phi) is 6.36. The molecule has 2 atom stereocenters. The van der Waals surface area contributed by atoms with Crippen LogP contribution in [0.3, 0.4) is 0 Å². The highest BCUT2D eigenvalue weighted by Crippen LogP contribution is 2.18. The second-order valence-corrected chi connectivity index (χ2v) is 3.99. The zero-order valence-corrected chi connectivity index (χ0v) is 10.3.